The number of nitrogens with zero attached hydrogens (tertiary/aromatic N) is 3. The third kappa shape index (κ3) is 2.22. The van der Waals surface area contributed by atoms with E-state index in [0.29, 0.717) is 22.2 Å². The predicted molar refractivity (Wildman–Crippen MR) is 97.1 cm³/mol. The van der Waals surface area contributed by atoms with Gasteiger partial charge in [-0.05, 0) is 30.2 Å². The van der Waals surface area contributed by atoms with Gasteiger partial charge in [0.15, 0.2) is 5.65 Å². The van der Waals surface area contributed by atoms with Crippen LogP contribution in [-0.2, 0) is 6.42 Å². The highest BCUT2D eigenvalue weighted by Crippen LogP contribution is 2.32. The van der Waals surface area contributed by atoms with Gasteiger partial charge in [0.2, 0.25) is 0 Å². The molecule has 25 heavy (non-hydrogen) atoms. The number of hydrogen-bond acceptors (Lipinski definition) is 4. The largest absolute Gasteiger partial charge is 0.477 e. The van der Waals surface area contributed by atoms with Crippen molar-refractivity contribution in [2.24, 2.45) is 0 Å². The molecule has 0 saturated carbocycles. The Morgan fingerprint density at radius 1 is 1.08 bits per heavy atom. The molecule has 124 valence electrons. The minimum atomic E-state index is -1.11. The van der Waals surface area contributed by atoms with Crippen LogP contribution in [0.5, 0.6) is 0 Å². The molecule has 0 aliphatic heterocycles. The Morgan fingerprint density at radius 2 is 1.72 bits per heavy atom. The lowest BCUT2D eigenvalue weighted by Gasteiger charge is -2.12. The molecule has 0 aliphatic carbocycles. The number of hydrogen-bond donors (Lipinski definition) is 2. The van der Waals surface area contributed by atoms with Gasteiger partial charge in [-0.2, -0.15) is 0 Å². The van der Waals surface area contributed by atoms with E-state index in [1.165, 1.54) is 0 Å². The van der Waals surface area contributed by atoms with E-state index in [9.17, 15) is 9.90 Å². The summed E-state index contributed by atoms with van der Waals surface area (Å²) < 4.78 is 1.69. The number of carboxylic acids is 1. The molecule has 2 aromatic heterocycles. The zero-order valence-electron chi connectivity index (χ0n) is 13.6. The van der Waals surface area contributed by atoms with Crippen molar-refractivity contribution in [3.63, 3.8) is 0 Å². The summed E-state index contributed by atoms with van der Waals surface area (Å²) in [6.45, 7) is 2.04. The van der Waals surface area contributed by atoms with Gasteiger partial charge in [0.05, 0.1) is 16.7 Å². The highest BCUT2D eigenvalue weighted by atomic mass is 16.4. The maximum absolute atomic E-state index is 11.8. The van der Waals surface area contributed by atoms with Crippen LogP contribution in [0.3, 0.4) is 0 Å². The zero-order valence-corrected chi connectivity index (χ0v) is 13.6. The average Bonchev–Trinajstić information content (AvgIpc) is 2.90. The van der Waals surface area contributed by atoms with Gasteiger partial charge in [-0.3, -0.25) is 4.57 Å². The normalized spacial score (nSPS) is 11.2. The molecule has 6 nitrogen and oxygen atoms in total. The first-order valence-electron chi connectivity index (χ1n) is 8.00. The SMILES string of the molecule is CCc1ccccc1-n1c(N)c(C(=O)O)c2nc3ccccc3nc21. The van der Waals surface area contributed by atoms with Crippen LogP contribution >= 0.6 is 0 Å². The summed E-state index contributed by atoms with van der Waals surface area (Å²) in [5.74, 6) is -0.974. The Hall–Kier alpha value is -3.41. The first-order chi connectivity index (χ1) is 12.1. The zero-order chi connectivity index (χ0) is 17.6. The molecule has 0 amide bonds. The minimum absolute atomic E-state index is 0.0147. The first-order valence-corrected chi connectivity index (χ1v) is 8.00. The van der Waals surface area contributed by atoms with Crippen LogP contribution in [0.25, 0.3) is 27.9 Å². The van der Waals surface area contributed by atoms with Crippen molar-refractivity contribution >= 4 is 34.0 Å². The molecule has 2 aromatic carbocycles. The molecule has 6 heteroatoms. The third-order valence-corrected chi connectivity index (χ3v) is 4.33. The second-order valence-electron chi connectivity index (χ2n) is 5.77. The number of anilines is 1. The molecular formula is C19H16N4O2. The van der Waals surface area contributed by atoms with Gasteiger partial charge >= 0.3 is 5.97 Å². The van der Waals surface area contributed by atoms with E-state index in [0.717, 1.165) is 17.7 Å². The van der Waals surface area contributed by atoms with Gasteiger partial charge in [0, 0.05) is 0 Å². The summed E-state index contributed by atoms with van der Waals surface area (Å²) in [5.41, 5.74) is 10.2. The van der Waals surface area contributed by atoms with E-state index in [2.05, 4.69) is 9.97 Å². The van der Waals surface area contributed by atoms with Crippen LogP contribution in [0.15, 0.2) is 48.5 Å². The number of aromatic nitrogens is 3. The van der Waals surface area contributed by atoms with E-state index < -0.39 is 5.97 Å². The topological polar surface area (TPSA) is 94.0 Å². The second-order valence-corrected chi connectivity index (χ2v) is 5.77. The lowest BCUT2D eigenvalue weighted by atomic mass is 10.1. The number of rotatable bonds is 3. The Morgan fingerprint density at radius 3 is 2.40 bits per heavy atom. The number of benzene rings is 2. The fourth-order valence-corrected chi connectivity index (χ4v) is 3.14. The maximum Gasteiger partial charge on any atom is 0.341 e. The molecule has 0 saturated heterocycles. The maximum atomic E-state index is 11.8. The summed E-state index contributed by atoms with van der Waals surface area (Å²) in [4.78, 5) is 21.0. The van der Waals surface area contributed by atoms with Crippen molar-refractivity contribution in [2.75, 3.05) is 5.73 Å². The molecule has 0 bridgehead atoms. The molecule has 0 radical (unpaired) electrons. The number of aryl methyl sites for hydroxylation is 1. The number of para-hydroxylation sites is 3. The van der Waals surface area contributed by atoms with Crippen molar-refractivity contribution < 1.29 is 9.90 Å². The van der Waals surface area contributed by atoms with Gasteiger partial charge < -0.3 is 10.8 Å². The first kappa shape index (κ1) is 15.1. The number of nitrogens with two attached hydrogens (primary N) is 1. The second kappa shape index (κ2) is 5.59. The monoisotopic (exact) mass is 332 g/mol. The van der Waals surface area contributed by atoms with Crippen LogP contribution in [0.1, 0.15) is 22.8 Å². The summed E-state index contributed by atoms with van der Waals surface area (Å²) >= 11 is 0. The van der Waals surface area contributed by atoms with E-state index in [1.54, 1.807) is 10.6 Å². The van der Waals surface area contributed by atoms with Gasteiger partial charge in [-0.15, -0.1) is 0 Å². The summed E-state index contributed by atoms with van der Waals surface area (Å²) in [7, 11) is 0. The van der Waals surface area contributed by atoms with Crippen LogP contribution in [-0.4, -0.2) is 25.6 Å². The molecule has 0 aliphatic rings. The standard InChI is InChI=1S/C19H16N4O2/c1-2-11-7-3-6-10-14(11)23-17(20)15(19(24)25)16-18(23)22-13-9-5-4-8-12(13)21-16/h3-10H,2,20H2,1H3,(H,24,25). The molecular weight excluding hydrogens is 316 g/mol. The van der Waals surface area contributed by atoms with Gasteiger partial charge in [-0.25, -0.2) is 14.8 Å². The van der Waals surface area contributed by atoms with Crippen LogP contribution in [0, 0.1) is 0 Å². The molecule has 0 fully saturated rings. The smallest absolute Gasteiger partial charge is 0.341 e. The average molecular weight is 332 g/mol. The lowest BCUT2D eigenvalue weighted by Crippen LogP contribution is -2.07. The molecule has 0 spiro atoms. The molecule has 3 N–H and O–H groups in total. The number of carboxylic acid groups (broad SMARTS) is 1. The summed E-state index contributed by atoms with van der Waals surface area (Å²) in [6, 6.07) is 15.1. The molecule has 4 aromatic rings. The molecule has 4 rings (SSSR count). The van der Waals surface area contributed by atoms with Gasteiger partial charge in [0.25, 0.3) is 0 Å². The predicted octanol–water partition coefficient (Wildman–Crippen LogP) is 3.42. The highest BCUT2D eigenvalue weighted by molar-refractivity contribution is 6.08. The Kier molecular flexibility index (Phi) is 3.39. The number of fused-ring (bicyclic) bond motifs is 2. The number of aromatic carboxylic acids is 1. The van der Waals surface area contributed by atoms with Crippen molar-refractivity contribution in [3.8, 4) is 5.69 Å². The quantitative estimate of drug-likeness (QED) is 0.599. The van der Waals surface area contributed by atoms with Crippen molar-refractivity contribution in [3.05, 3.63) is 59.7 Å². The lowest BCUT2D eigenvalue weighted by molar-refractivity contribution is 0.0700. The van der Waals surface area contributed by atoms with Crippen LogP contribution in [0.2, 0.25) is 0 Å². The highest BCUT2D eigenvalue weighted by Gasteiger charge is 2.25. The Balaban J connectivity index is 2.18. The van der Waals surface area contributed by atoms with Crippen molar-refractivity contribution in [1.29, 1.82) is 0 Å². The van der Waals surface area contributed by atoms with Crippen molar-refractivity contribution in [1.82, 2.24) is 14.5 Å². The van der Waals surface area contributed by atoms with E-state index in [-0.39, 0.29) is 11.4 Å². The van der Waals surface area contributed by atoms with Crippen LogP contribution in [0.4, 0.5) is 5.82 Å². The van der Waals surface area contributed by atoms with Crippen LogP contribution < -0.4 is 5.73 Å². The van der Waals surface area contributed by atoms with E-state index in [1.807, 2.05) is 49.4 Å². The number of carbonyl (C=O) groups is 1. The molecule has 2 heterocycles. The van der Waals surface area contributed by atoms with E-state index in [4.69, 9.17) is 5.73 Å². The fourth-order valence-electron chi connectivity index (χ4n) is 3.14. The summed E-state index contributed by atoms with van der Waals surface area (Å²) in [6.07, 6.45) is 0.790. The third-order valence-electron chi connectivity index (χ3n) is 4.33. The molecule has 0 unspecified atom stereocenters. The van der Waals surface area contributed by atoms with Gasteiger partial charge in [0.1, 0.15) is 16.9 Å². The van der Waals surface area contributed by atoms with E-state index >= 15 is 0 Å². The van der Waals surface area contributed by atoms with Gasteiger partial charge in [-0.1, -0.05) is 37.3 Å². The fraction of sp³-hybridized carbons (Fsp3) is 0.105. The molecule has 0 atom stereocenters. The summed E-state index contributed by atoms with van der Waals surface area (Å²) in [5, 5.41) is 9.66. The minimum Gasteiger partial charge on any atom is -0.477 e. The Bertz CT molecular complexity index is 1130. The Labute approximate surface area is 143 Å². The van der Waals surface area contributed by atoms with Crippen molar-refractivity contribution in [2.45, 2.75) is 13.3 Å². The number of nitrogen functional groups attached to an aromatic ring is 1.